The summed E-state index contributed by atoms with van der Waals surface area (Å²) < 4.78 is 16.4. The lowest BCUT2D eigenvalue weighted by atomic mass is 9.88. The number of allylic oxidation sites excluding steroid dienone is 2. The SMILES string of the molecule is C=C/C=C1/CCN(Cc2cc3c(cc2Cl)OCO3)C(C(O)c2ccnc3ccc(OC)cc23)C1. The molecule has 6 nitrogen and oxygen atoms in total. The van der Waals surface area contributed by atoms with Crippen LogP contribution in [0.2, 0.25) is 5.02 Å². The van der Waals surface area contributed by atoms with Gasteiger partial charge in [0.25, 0.3) is 0 Å². The van der Waals surface area contributed by atoms with Crippen LogP contribution in [0.5, 0.6) is 17.2 Å². The van der Waals surface area contributed by atoms with Gasteiger partial charge in [0.2, 0.25) is 6.79 Å². The Kier molecular flexibility index (Phi) is 6.46. The quantitative estimate of drug-likeness (QED) is 0.509. The molecule has 1 N–H and O–H groups in total. The molecule has 3 aromatic rings. The Balaban J connectivity index is 1.50. The number of ether oxygens (including phenoxy) is 3. The van der Waals surface area contributed by atoms with Gasteiger partial charge < -0.3 is 19.3 Å². The van der Waals surface area contributed by atoms with E-state index >= 15 is 0 Å². The molecule has 0 amide bonds. The van der Waals surface area contributed by atoms with E-state index < -0.39 is 6.10 Å². The molecule has 0 aliphatic carbocycles. The molecular formula is C27H27ClN2O4. The first-order valence-corrected chi connectivity index (χ1v) is 11.7. The molecule has 2 aliphatic heterocycles. The maximum Gasteiger partial charge on any atom is 0.231 e. The molecule has 3 heterocycles. The molecule has 2 atom stereocenters. The average molecular weight is 479 g/mol. The largest absolute Gasteiger partial charge is 0.497 e. The Morgan fingerprint density at radius 2 is 2.09 bits per heavy atom. The maximum absolute atomic E-state index is 11.7. The van der Waals surface area contributed by atoms with Crippen molar-refractivity contribution in [3.05, 3.63) is 83.0 Å². The minimum atomic E-state index is -0.737. The summed E-state index contributed by atoms with van der Waals surface area (Å²) in [6, 6.07) is 11.2. The molecule has 7 heteroatoms. The lowest BCUT2D eigenvalue weighted by Gasteiger charge is -2.40. The predicted molar refractivity (Wildman–Crippen MR) is 133 cm³/mol. The molecular weight excluding hydrogens is 452 g/mol. The van der Waals surface area contributed by atoms with Gasteiger partial charge in [0.15, 0.2) is 11.5 Å². The first-order chi connectivity index (χ1) is 16.6. The second-order valence-corrected chi connectivity index (χ2v) is 8.98. The van der Waals surface area contributed by atoms with Gasteiger partial charge in [-0.05, 0) is 54.3 Å². The van der Waals surface area contributed by atoms with E-state index in [9.17, 15) is 5.11 Å². The molecule has 2 aromatic carbocycles. The highest BCUT2D eigenvalue weighted by Crippen LogP contribution is 2.40. The molecule has 1 saturated heterocycles. The second-order valence-electron chi connectivity index (χ2n) is 8.58. The summed E-state index contributed by atoms with van der Waals surface area (Å²) in [5.41, 5.74) is 3.86. The van der Waals surface area contributed by atoms with Crippen LogP contribution in [0.15, 0.2) is 66.9 Å². The van der Waals surface area contributed by atoms with E-state index in [1.807, 2.05) is 36.4 Å². The van der Waals surface area contributed by atoms with Gasteiger partial charge in [-0.3, -0.25) is 9.88 Å². The number of piperidine rings is 1. The fourth-order valence-electron chi connectivity index (χ4n) is 4.82. The lowest BCUT2D eigenvalue weighted by Crippen LogP contribution is -2.43. The number of aliphatic hydroxyl groups is 1. The molecule has 5 rings (SSSR count). The number of benzene rings is 2. The molecule has 34 heavy (non-hydrogen) atoms. The first kappa shape index (κ1) is 22.7. The van der Waals surface area contributed by atoms with Crippen LogP contribution in [-0.4, -0.2) is 41.5 Å². The molecule has 1 aromatic heterocycles. The van der Waals surface area contributed by atoms with Crippen molar-refractivity contribution in [1.29, 1.82) is 0 Å². The van der Waals surface area contributed by atoms with Gasteiger partial charge in [0.05, 0.1) is 18.7 Å². The summed E-state index contributed by atoms with van der Waals surface area (Å²) >= 11 is 6.59. The zero-order valence-electron chi connectivity index (χ0n) is 19.0. The molecule has 0 spiro atoms. The molecule has 2 aliphatic rings. The third kappa shape index (κ3) is 4.37. The van der Waals surface area contributed by atoms with Crippen molar-refractivity contribution < 1.29 is 19.3 Å². The van der Waals surface area contributed by atoms with Crippen LogP contribution in [0.1, 0.15) is 30.1 Å². The van der Waals surface area contributed by atoms with Crippen molar-refractivity contribution in [2.75, 3.05) is 20.4 Å². The first-order valence-electron chi connectivity index (χ1n) is 11.3. The Morgan fingerprint density at radius 1 is 1.26 bits per heavy atom. The van der Waals surface area contributed by atoms with Crippen LogP contribution >= 0.6 is 11.6 Å². The van der Waals surface area contributed by atoms with Crippen LogP contribution in [0.3, 0.4) is 0 Å². The number of rotatable bonds is 6. The highest BCUT2D eigenvalue weighted by Gasteiger charge is 2.33. The molecule has 0 bridgehead atoms. The molecule has 2 unspecified atom stereocenters. The van der Waals surface area contributed by atoms with Gasteiger partial charge in [0, 0.05) is 41.8 Å². The number of nitrogens with zero attached hydrogens (tertiary/aromatic N) is 2. The van der Waals surface area contributed by atoms with E-state index in [4.69, 9.17) is 25.8 Å². The number of likely N-dealkylation sites (tertiary alicyclic amines) is 1. The van der Waals surface area contributed by atoms with Crippen molar-refractivity contribution in [3.63, 3.8) is 0 Å². The van der Waals surface area contributed by atoms with E-state index in [2.05, 4.69) is 22.5 Å². The van der Waals surface area contributed by atoms with Crippen LogP contribution in [-0.2, 0) is 6.54 Å². The Labute approximate surface area is 204 Å². The van der Waals surface area contributed by atoms with Gasteiger partial charge in [-0.2, -0.15) is 0 Å². The van der Waals surface area contributed by atoms with Gasteiger partial charge in [-0.15, -0.1) is 0 Å². The smallest absolute Gasteiger partial charge is 0.231 e. The average Bonchev–Trinajstić information content (AvgIpc) is 3.31. The van der Waals surface area contributed by atoms with Crippen molar-refractivity contribution in [3.8, 4) is 17.2 Å². The summed E-state index contributed by atoms with van der Waals surface area (Å²) in [4.78, 5) is 6.77. The topological polar surface area (TPSA) is 64.1 Å². The van der Waals surface area contributed by atoms with Crippen molar-refractivity contribution in [2.24, 2.45) is 0 Å². The summed E-state index contributed by atoms with van der Waals surface area (Å²) in [5, 5.41) is 13.2. The van der Waals surface area contributed by atoms with Gasteiger partial charge in [-0.1, -0.05) is 35.9 Å². The Morgan fingerprint density at radius 3 is 2.88 bits per heavy atom. The predicted octanol–water partition coefficient (Wildman–Crippen LogP) is 5.44. The number of hydrogen-bond acceptors (Lipinski definition) is 6. The number of aromatic nitrogens is 1. The Hall–Kier alpha value is -3.06. The molecule has 0 radical (unpaired) electrons. The maximum atomic E-state index is 11.7. The highest BCUT2D eigenvalue weighted by molar-refractivity contribution is 6.31. The zero-order valence-corrected chi connectivity index (χ0v) is 19.8. The zero-order chi connectivity index (χ0) is 23.7. The highest BCUT2D eigenvalue weighted by atomic mass is 35.5. The van der Waals surface area contributed by atoms with Gasteiger partial charge in [0.1, 0.15) is 5.75 Å². The fraction of sp³-hybridized carbons (Fsp3) is 0.296. The second kappa shape index (κ2) is 9.66. The summed E-state index contributed by atoms with van der Waals surface area (Å²) in [7, 11) is 1.64. The fourth-order valence-corrected chi connectivity index (χ4v) is 5.03. The lowest BCUT2D eigenvalue weighted by molar-refractivity contribution is 0.0336. The molecule has 1 fully saturated rings. The summed E-state index contributed by atoms with van der Waals surface area (Å²) in [5.74, 6) is 2.10. The van der Waals surface area contributed by atoms with Crippen LogP contribution in [0.25, 0.3) is 10.9 Å². The number of fused-ring (bicyclic) bond motifs is 2. The third-order valence-corrected chi connectivity index (χ3v) is 6.95. The van der Waals surface area contributed by atoms with Gasteiger partial charge >= 0.3 is 0 Å². The minimum absolute atomic E-state index is 0.154. The minimum Gasteiger partial charge on any atom is -0.497 e. The molecule has 0 saturated carbocycles. The third-order valence-electron chi connectivity index (χ3n) is 6.59. The summed E-state index contributed by atoms with van der Waals surface area (Å²) in [6.07, 6.45) is 6.51. The normalized spacial score (nSPS) is 20.0. The van der Waals surface area contributed by atoms with Crippen LogP contribution in [0.4, 0.5) is 0 Å². The van der Waals surface area contributed by atoms with Crippen molar-refractivity contribution in [1.82, 2.24) is 9.88 Å². The number of methoxy groups -OCH3 is 1. The van der Waals surface area contributed by atoms with Gasteiger partial charge in [-0.25, -0.2) is 0 Å². The van der Waals surface area contributed by atoms with E-state index in [1.54, 1.807) is 19.4 Å². The number of aliphatic hydroxyl groups excluding tert-OH is 1. The number of hydrogen-bond donors (Lipinski definition) is 1. The summed E-state index contributed by atoms with van der Waals surface area (Å²) in [6.45, 7) is 5.44. The molecule has 176 valence electrons. The Bertz CT molecular complexity index is 1260. The number of halogens is 1. The monoisotopic (exact) mass is 478 g/mol. The van der Waals surface area contributed by atoms with E-state index in [1.165, 1.54) is 5.57 Å². The van der Waals surface area contributed by atoms with E-state index in [0.29, 0.717) is 23.1 Å². The van der Waals surface area contributed by atoms with E-state index in [-0.39, 0.29) is 12.8 Å². The van der Waals surface area contributed by atoms with Crippen molar-refractivity contribution in [2.45, 2.75) is 31.5 Å². The van der Waals surface area contributed by atoms with Crippen LogP contribution < -0.4 is 14.2 Å². The van der Waals surface area contributed by atoms with Crippen LogP contribution in [0, 0.1) is 0 Å². The number of pyridine rings is 1. The standard InChI is InChI=1S/C27H27ClN2O4/c1-3-4-17-8-10-30(15-18-12-25-26(14-22(18)28)34-16-33-25)24(11-17)27(31)20-7-9-29-23-6-5-19(32-2)13-21(20)23/h3-7,9,12-14,24,27,31H,1,8,10-11,15-16H2,2H3/b17-4-. The van der Waals surface area contributed by atoms with Crippen molar-refractivity contribution >= 4 is 22.5 Å². The van der Waals surface area contributed by atoms with E-state index in [0.717, 1.165) is 47.2 Å².